The van der Waals surface area contributed by atoms with Gasteiger partial charge in [-0.3, -0.25) is 9.69 Å². The van der Waals surface area contributed by atoms with Gasteiger partial charge in [-0.25, -0.2) is 0 Å². The van der Waals surface area contributed by atoms with Gasteiger partial charge in [0.15, 0.2) is 0 Å². The Bertz CT molecular complexity index is 294. The number of carbonyl (C=O) groups is 1. The molecule has 1 heterocycles. The summed E-state index contributed by atoms with van der Waals surface area (Å²) in [5, 5.41) is 9.05. The van der Waals surface area contributed by atoms with E-state index in [1.165, 1.54) is 7.11 Å². The fourth-order valence-electron chi connectivity index (χ4n) is 2.18. The molecule has 4 heteroatoms. The molecule has 0 aromatic carbocycles. The van der Waals surface area contributed by atoms with E-state index in [2.05, 4.69) is 11.0 Å². The van der Waals surface area contributed by atoms with Crippen molar-refractivity contribution in [2.45, 2.75) is 39.2 Å². The van der Waals surface area contributed by atoms with Crippen LogP contribution in [0.4, 0.5) is 0 Å². The van der Waals surface area contributed by atoms with Gasteiger partial charge in [0.2, 0.25) is 0 Å². The standard InChI is InChI=1S/C12H20N2O2/c1-12(2,11(15)16-3)9-14-7-5-4-6-10(14)8-13/h10H,4-7,9H2,1-3H3. The average molecular weight is 224 g/mol. The first-order valence-corrected chi connectivity index (χ1v) is 5.73. The number of carbonyl (C=O) groups excluding carboxylic acids is 1. The molecule has 16 heavy (non-hydrogen) atoms. The second-order valence-corrected chi connectivity index (χ2v) is 4.99. The summed E-state index contributed by atoms with van der Waals surface area (Å²) in [6.07, 6.45) is 3.12. The summed E-state index contributed by atoms with van der Waals surface area (Å²) in [6, 6.07) is 2.26. The van der Waals surface area contributed by atoms with E-state index in [4.69, 9.17) is 10.00 Å². The van der Waals surface area contributed by atoms with Gasteiger partial charge in [-0.1, -0.05) is 0 Å². The molecule has 1 saturated heterocycles. The number of nitrogens with zero attached hydrogens (tertiary/aromatic N) is 2. The zero-order valence-corrected chi connectivity index (χ0v) is 10.3. The van der Waals surface area contributed by atoms with Crippen molar-refractivity contribution in [3.05, 3.63) is 0 Å². The van der Waals surface area contributed by atoms with E-state index in [1.54, 1.807) is 0 Å². The van der Waals surface area contributed by atoms with Crippen molar-refractivity contribution in [1.82, 2.24) is 4.90 Å². The molecule has 1 aliphatic heterocycles. The fraction of sp³-hybridized carbons (Fsp3) is 0.833. The second kappa shape index (κ2) is 5.31. The van der Waals surface area contributed by atoms with Crippen LogP contribution in [0, 0.1) is 16.7 Å². The highest BCUT2D eigenvalue weighted by molar-refractivity contribution is 5.76. The molecule has 0 N–H and O–H groups in total. The number of esters is 1. The summed E-state index contributed by atoms with van der Waals surface area (Å²) in [5.41, 5.74) is -0.540. The van der Waals surface area contributed by atoms with Crippen LogP contribution in [0.15, 0.2) is 0 Å². The molecule has 90 valence electrons. The Hall–Kier alpha value is -1.08. The van der Waals surface area contributed by atoms with Crippen molar-refractivity contribution in [1.29, 1.82) is 5.26 Å². The van der Waals surface area contributed by atoms with Crippen LogP contribution < -0.4 is 0 Å². The highest BCUT2D eigenvalue weighted by Gasteiger charge is 2.34. The molecular weight excluding hydrogens is 204 g/mol. The van der Waals surface area contributed by atoms with E-state index in [1.807, 2.05) is 13.8 Å². The molecule has 0 spiro atoms. The Labute approximate surface area is 97.2 Å². The second-order valence-electron chi connectivity index (χ2n) is 4.99. The van der Waals surface area contributed by atoms with E-state index < -0.39 is 5.41 Å². The van der Waals surface area contributed by atoms with Gasteiger partial charge in [0.1, 0.15) is 0 Å². The van der Waals surface area contributed by atoms with Crippen LogP contribution in [0.25, 0.3) is 0 Å². The lowest BCUT2D eigenvalue weighted by Gasteiger charge is -2.36. The van der Waals surface area contributed by atoms with Crippen LogP contribution in [-0.4, -0.2) is 37.1 Å². The number of nitriles is 1. The first-order chi connectivity index (χ1) is 7.51. The molecule has 1 rings (SSSR count). The molecule has 1 aliphatic rings. The van der Waals surface area contributed by atoms with Crippen LogP contribution in [-0.2, 0) is 9.53 Å². The maximum atomic E-state index is 11.6. The van der Waals surface area contributed by atoms with Crippen molar-refractivity contribution >= 4 is 5.97 Å². The lowest BCUT2D eigenvalue weighted by molar-refractivity contribution is -0.152. The summed E-state index contributed by atoms with van der Waals surface area (Å²) in [4.78, 5) is 13.7. The van der Waals surface area contributed by atoms with Crippen molar-refractivity contribution < 1.29 is 9.53 Å². The van der Waals surface area contributed by atoms with Crippen molar-refractivity contribution in [3.63, 3.8) is 0 Å². The predicted molar refractivity (Wildman–Crippen MR) is 60.6 cm³/mol. The minimum absolute atomic E-state index is 0.0438. The molecular formula is C12H20N2O2. The molecule has 1 unspecified atom stereocenters. The maximum Gasteiger partial charge on any atom is 0.312 e. The summed E-state index contributed by atoms with van der Waals surface area (Å²) >= 11 is 0. The largest absolute Gasteiger partial charge is 0.469 e. The predicted octanol–water partition coefficient (Wildman–Crippen LogP) is 1.56. The van der Waals surface area contributed by atoms with E-state index >= 15 is 0 Å². The summed E-state index contributed by atoms with van der Waals surface area (Å²) < 4.78 is 4.78. The fourth-order valence-corrected chi connectivity index (χ4v) is 2.18. The smallest absolute Gasteiger partial charge is 0.312 e. The van der Waals surface area contributed by atoms with Gasteiger partial charge in [-0.2, -0.15) is 5.26 Å². The number of rotatable bonds is 3. The quantitative estimate of drug-likeness (QED) is 0.683. The van der Waals surface area contributed by atoms with E-state index in [0.717, 1.165) is 25.8 Å². The zero-order chi connectivity index (χ0) is 12.2. The van der Waals surface area contributed by atoms with Crippen LogP contribution in [0.1, 0.15) is 33.1 Å². The lowest BCUT2D eigenvalue weighted by Crippen LogP contribution is -2.46. The first kappa shape index (κ1) is 13.0. The Balaban J connectivity index is 2.64. The van der Waals surface area contributed by atoms with E-state index in [-0.39, 0.29) is 12.0 Å². The van der Waals surface area contributed by atoms with Gasteiger partial charge in [0, 0.05) is 6.54 Å². The van der Waals surface area contributed by atoms with Crippen molar-refractivity contribution in [2.24, 2.45) is 5.41 Å². The van der Waals surface area contributed by atoms with Gasteiger partial charge < -0.3 is 4.74 Å². The topological polar surface area (TPSA) is 53.3 Å². The number of ether oxygens (including phenoxy) is 1. The summed E-state index contributed by atoms with van der Waals surface area (Å²) in [6.45, 7) is 5.22. The van der Waals surface area contributed by atoms with Crippen LogP contribution in [0.2, 0.25) is 0 Å². The Kier molecular flexibility index (Phi) is 4.31. The summed E-state index contributed by atoms with van der Waals surface area (Å²) in [7, 11) is 1.40. The monoisotopic (exact) mass is 224 g/mol. The number of hydrogen-bond donors (Lipinski definition) is 0. The lowest BCUT2D eigenvalue weighted by atomic mass is 9.90. The molecule has 0 amide bonds. The Morgan fingerprint density at radius 1 is 1.56 bits per heavy atom. The third-order valence-electron chi connectivity index (χ3n) is 3.10. The molecule has 0 radical (unpaired) electrons. The van der Waals surface area contributed by atoms with Gasteiger partial charge in [-0.15, -0.1) is 0 Å². The van der Waals surface area contributed by atoms with Crippen LogP contribution in [0.3, 0.4) is 0 Å². The molecule has 0 aromatic heterocycles. The first-order valence-electron chi connectivity index (χ1n) is 5.73. The SMILES string of the molecule is COC(=O)C(C)(C)CN1CCCCC1C#N. The molecule has 1 fully saturated rings. The highest BCUT2D eigenvalue weighted by atomic mass is 16.5. The highest BCUT2D eigenvalue weighted by Crippen LogP contribution is 2.24. The Morgan fingerprint density at radius 3 is 2.81 bits per heavy atom. The van der Waals surface area contributed by atoms with Gasteiger partial charge >= 0.3 is 5.97 Å². The van der Waals surface area contributed by atoms with E-state index in [9.17, 15) is 4.79 Å². The van der Waals surface area contributed by atoms with E-state index in [0.29, 0.717) is 6.54 Å². The number of likely N-dealkylation sites (tertiary alicyclic amines) is 1. The van der Waals surface area contributed by atoms with Crippen LogP contribution >= 0.6 is 0 Å². The summed E-state index contributed by atoms with van der Waals surface area (Å²) in [5.74, 6) is -0.213. The average Bonchev–Trinajstić information content (AvgIpc) is 2.28. The third-order valence-corrected chi connectivity index (χ3v) is 3.10. The molecule has 0 saturated carbocycles. The van der Waals surface area contributed by atoms with Gasteiger partial charge in [-0.05, 0) is 39.7 Å². The zero-order valence-electron chi connectivity index (χ0n) is 10.3. The Morgan fingerprint density at radius 2 is 2.25 bits per heavy atom. The normalized spacial score (nSPS) is 22.5. The molecule has 1 atom stereocenters. The minimum Gasteiger partial charge on any atom is -0.469 e. The van der Waals surface area contributed by atoms with Crippen molar-refractivity contribution in [3.8, 4) is 6.07 Å². The molecule has 0 aromatic rings. The number of hydrogen-bond acceptors (Lipinski definition) is 4. The number of methoxy groups -OCH3 is 1. The third kappa shape index (κ3) is 2.96. The van der Waals surface area contributed by atoms with Crippen LogP contribution in [0.5, 0.6) is 0 Å². The van der Waals surface area contributed by atoms with Gasteiger partial charge in [0.25, 0.3) is 0 Å². The van der Waals surface area contributed by atoms with Crippen molar-refractivity contribution in [2.75, 3.05) is 20.2 Å². The number of piperidine rings is 1. The van der Waals surface area contributed by atoms with Gasteiger partial charge in [0.05, 0.1) is 24.6 Å². The maximum absolute atomic E-state index is 11.6. The minimum atomic E-state index is -0.540. The molecule has 0 bridgehead atoms. The molecule has 0 aliphatic carbocycles. The molecule has 4 nitrogen and oxygen atoms in total.